The molecular formula is C16H12FN5O. The van der Waals surface area contributed by atoms with Gasteiger partial charge in [0.1, 0.15) is 17.3 Å². The van der Waals surface area contributed by atoms with Crippen LogP contribution < -0.4 is 5.32 Å². The second-order valence-corrected chi connectivity index (χ2v) is 4.71. The molecular weight excluding hydrogens is 297 g/mol. The van der Waals surface area contributed by atoms with E-state index < -0.39 is 11.7 Å². The molecule has 2 aromatic heterocycles. The standard InChI is InChI=1S/C16H12FN5O/c1-10-19-14(13-4-2-3-9-18-13)21-16(20-10)22-15(23)11-5-7-12(17)8-6-11/h2-9H,1H3,(H,19,20,21,22,23). The fraction of sp³-hybridized carbons (Fsp3) is 0.0625. The van der Waals surface area contributed by atoms with Crippen LogP contribution in [0.3, 0.4) is 0 Å². The molecule has 0 radical (unpaired) electrons. The number of nitrogens with one attached hydrogen (secondary N) is 1. The molecule has 23 heavy (non-hydrogen) atoms. The Kier molecular flexibility index (Phi) is 4.01. The van der Waals surface area contributed by atoms with Crippen LogP contribution in [0, 0.1) is 12.7 Å². The molecule has 0 bridgehead atoms. The van der Waals surface area contributed by atoms with Gasteiger partial charge in [0.2, 0.25) is 5.95 Å². The summed E-state index contributed by atoms with van der Waals surface area (Å²) in [4.78, 5) is 28.8. The van der Waals surface area contributed by atoms with Gasteiger partial charge in [-0.15, -0.1) is 0 Å². The van der Waals surface area contributed by atoms with Gasteiger partial charge in [-0.1, -0.05) is 6.07 Å². The van der Waals surface area contributed by atoms with Crippen LogP contribution in [0.4, 0.5) is 10.3 Å². The summed E-state index contributed by atoms with van der Waals surface area (Å²) >= 11 is 0. The second-order valence-electron chi connectivity index (χ2n) is 4.71. The summed E-state index contributed by atoms with van der Waals surface area (Å²) < 4.78 is 12.9. The predicted molar refractivity (Wildman–Crippen MR) is 82.1 cm³/mol. The van der Waals surface area contributed by atoms with E-state index in [1.165, 1.54) is 24.3 Å². The van der Waals surface area contributed by atoms with Gasteiger partial charge in [-0.2, -0.15) is 9.97 Å². The van der Waals surface area contributed by atoms with Gasteiger partial charge in [-0.3, -0.25) is 15.1 Å². The Bertz CT molecular complexity index is 837. The topological polar surface area (TPSA) is 80.7 Å². The first-order valence-electron chi connectivity index (χ1n) is 6.83. The van der Waals surface area contributed by atoms with Gasteiger partial charge in [0, 0.05) is 11.8 Å². The van der Waals surface area contributed by atoms with Crippen molar-refractivity contribution in [2.24, 2.45) is 0 Å². The number of aromatic nitrogens is 4. The normalized spacial score (nSPS) is 10.3. The fourth-order valence-corrected chi connectivity index (χ4v) is 1.92. The fourth-order valence-electron chi connectivity index (χ4n) is 1.92. The van der Waals surface area contributed by atoms with Crippen LogP contribution in [0.25, 0.3) is 11.5 Å². The number of carbonyl (C=O) groups is 1. The minimum absolute atomic E-state index is 0.118. The van der Waals surface area contributed by atoms with E-state index in [1.807, 2.05) is 6.07 Å². The summed E-state index contributed by atoms with van der Waals surface area (Å²) in [6, 6.07) is 10.6. The number of carbonyl (C=O) groups excluding carboxylic acids is 1. The summed E-state index contributed by atoms with van der Waals surface area (Å²) in [5, 5.41) is 2.58. The molecule has 114 valence electrons. The zero-order valence-corrected chi connectivity index (χ0v) is 12.2. The molecule has 3 rings (SSSR count). The van der Waals surface area contributed by atoms with Gasteiger partial charge in [0.05, 0.1) is 0 Å². The number of anilines is 1. The lowest BCUT2D eigenvalue weighted by Gasteiger charge is -2.06. The van der Waals surface area contributed by atoms with E-state index in [0.717, 1.165) is 0 Å². The van der Waals surface area contributed by atoms with E-state index in [0.29, 0.717) is 22.9 Å². The van der Waals surface area contributed by atoms with Crippen molar-refractivity contribution in [1.29, 1.82) is 0 Å². The van der Waals surface area contributed by atoms with Crippen molar-refractivity contribution in [3.8, 4) is 11.5 Å². The summed E-state index contributed by atoms with van der Waals surface area (Å²) in [5.74, 6) is 0.104. The molecule has 0 spiro atoms. The van der Waals surface area contributed by atoms with Crippen molar-refractivity contribution in [3.05, 3.63) is 65.9 Å². The summed E-state index contributed by atoms with van der Waals surface area (Å²) in [5.41, 5.74) is 0.888. The molecule has 0 saturated carbocycles. The highest BCUT2D eigenvalue weighted by Crippen LogP contribution is 2.13. The molecule has 1 aromatic carbocycles. The number of aryl methyl sites for hydroxylation is 1. The largest absolute Gasteiger partial charge is 0.290 e. The summed E-state index contributed by atoms with van der Waals surface area (Å²) in [6.45, 7) is 1.70. The molecule has 0 fully saturated rings. The lowest BCUT2D eigenvalue weighted by molar-refractivity contribution is 0.102. The molecule has 1 amide bonds. The number of nitrogens with zero attached hydrogens (tertiary/aromatic N) is 4. The SMILES string of the molecule is Cc1nc(NC(=O)c2ccc(F)cc2)nc(-c2ccccn2)n1. The molecule has 1 N–H and O–H groups in total. The van der Waals surface area contributed by atoms with Crippen molar-refractivity contribution in [2.45, 2.75) is 6.92 Å². The number of benzene rings is 1. The van der Waals surface area contributed by atoms with Crippen LogP contribution in [0.2, 0.25) is 0 Å². The smallest absolute Gasteiger partial charge is 0.258 e. The van der Waals surface area contributed by atoms with Crippen LogP contribution in [-0.4, -0.2) is 25.8 Å². The first kappa shape index (κ1) is 14.7. The third-order valence-electron chi connectivity index (χ3n) is 2.97. The lowest BCUT2D eigenvalue weighted by Crippen LogP contribution is -2.15. The first-order valence-corrected chi connectivity index (χ1v) is 6.83. The average Bonchev–Trinajstić information content (AvgIpc) is 2.55. The number of pyridine rings is 1. The lowest BCUT2D eigenvalue weighted by atomic mass is 10.2. The third-order valence-corrected chi connectivity index (χ3v) is 2.97. The van der Waals surface area contributed by atoms with Gasteiger partial charge >= 0.3 is 0 Å². The van der Waals surface area contributed by atoms with Crippen LogP contribution in [0.5, 0.6) is 0 Å². The van der Waals surface area contributed by atoms with Gasteiger partial charge < -0.3 is 0 Å². The quantitative estimate of drug-likeness (QED) is 0.804. The minimum atomic E-state index is -0.428. The Labute approximate surface area is 131 Å². The van der Waals surface area contributed by atoms with Crippen molar-refractivity contribution in [2.75, 3.05) is 5.32 Å². The number of amides is 1. The molecule has 7 heteroatoms. The maximum atomic E-state index is 12.9. The third kappa shape index (κ3) is 3.52. The number of halogens is 1. The Hall–Kier alpha value is -3.22. The predicted octanol–water partition coefficient (Wildman–Crippen LogP) is 2.63. The molecule has 3 aromatic rings. The van der Waals surface area contributed by atoms with E-state index in [1.54, 1.807) is 25.3 Å². The van der Waals surface area contributed by atoms with Crippen molar-refractivity contribution < 1.29 is 9.18 Å². The zero-order chi connectivity index (χ0) is 16.2. The van der Waals surface area contributed by atoms with Crippen LogP contribution >= 0.6 is 0 Å². The van der Waals surface area contributed by atoms with Gasteiger partial charge in [0.15, 0.2) is 5.82 Å². The molecule has 0 aliphatic carbocycles. The summed E-state index contributed by atoms with van der Waals surface area (Å²) in [6.07, 6.45) is 1.63. The molecule has 0 atom stereocenters. The van der Waals surface area contributed by atoms with E-state index in [-0.39, 0.29) is 5.95 Å². The molecule has 6 nitrogen and oxygen atoms in total. The van der Waals surface area contributed by atoms with Crippen LogP contribution in [0.1, 0.15) is 16.2 Å². The van der Waals surface area contributed by atoms with E-state index >= 15 is 0 Å². The number of rotatable bonds is 3. The van der Waals surface area contributed by atoms with E-state index in [9.17, 15) is 9.18 Å². The summed E-state index contributed by atoms with van der Waals surface area (Å²) in [7, 11) is 0. The first-order chi connectivity index (χ1) is 11.1. The van der Waals surface area contributed by atoms with E-state index in [2.05, 4.69) is 25.3 Å². The van der Waals surface area contributed by atoms with Gasteiger partial charge in [-0.25, -0.2) is 9.37 Å². The molecule has 0 saturated heterocycles. The van der Waals surface area contributed by atoms with Crippen molar-refractivity contribution >= 4 is 11.9 Å². The molecule has 0 aliphatic rings. The Balaban J connectivity index is 1.87. The monoisotopic (exact) mass is 309 g/mol. The van der Waals surface area contributed by atoms with E-state index in [4.69, 9.17) is 0 Å². The average molecular weight is 309 g/mol. The van der Waals surface area contributed by atoms with Crippen LogP contribution in [-0.2, 0) is 0 Å². The highest BCUT2D eigenvalue weighted by molar-refractivity contribution is 6.03. The zero-order valence-electron chi connectivity index (χ0n) is 12.2. The maximum Gasteiger partial charge on any atom is 0.258 e. The molecule has 0 unspecified atom stereocenters. The minimum Gasteiger partial charge on any atom is -0.290 e. The Morgan fingerprint density at radius 1 is 1.04 bits per heavy atom. The highest BCUT2D eigenvalue weighted by Gasteiger charge is 2.11. The molecule has 2 heterocycles. The highest BCUT2D eigenvalue weighted by atomic mass is 19.1. The molecule has 0 aliphatic heterocycles. The van der Waals surface area contributed by atoms with Gasteiger partial charge in [0.25, 0.3) is 5.91 Å². The van der Waals surface area contributed by atoms with Gasteiger partial charge in [-0.05, 0) is 43.3 Å². The van der Waals surface area contributed by atoms with Crippen molar-refractivity contribution in [3.63, 3.8) is 0 Å². The Morgan fingerprint density at radius 2 is 1.83 bits per heavy atom. The second kappa shape index (κ2) is 6.27. The number of hydrogen-bond acceptors (Lipinski definition) is 5. The maximum absolute atomic E-state index is 12.9. The van der Waals surface area contributed by atoms with Crippen LogP contribution in [0.15, 0.2) is 48.7 Å². The van der Waals surface area contributed by atoms with Crippen molar-refractivity contribution in [1.82, 2.24) is 19.9 Å². The Morgan fingerprint density at radius 3 is 2.52 bits per heavy atom. The number of hydrogen-bond donors (Lipinski definition) is 1.